The molecule has 0 spiro atoms. The zero-order valence-corrected chi connectivity index (χ0v) is 13.7. The second-order valence-electron chi connectivity index (χ2n) is 6.51. The van der Waals surface area contributed by atoms with Crippen LogP contribution in [0.4, 0.5) is 17.1 Å². The zero-order valence-electron chi connectivity index (χ0n) is 13.7. The number of nitrogens with zero attached hydrogens (tertiary/aromatic N) is 1. The first-order valence-corrected chi connectivity index (χ1v) is 8.22. The molecular weight excluding hydrogens is 286 g/mol. The van der Waals surface area contributed by atoms with Crippen molar-refractivity contribution in [2.75, 3.05) is 44.0 Å². The lowest BCUT2D eigenvalue weighted by molar-refractivity contribution is 0.407. The number of hydrogen-bond acceptors (Lipinski definition) is 4. The predicted molar refractivity (Wildman–Crippen MR) is 95.1 cm³/mol. The minimum absolute atomic E-state index is 0.577. The first-order chi connectivity index (χ1) is 11.3. The fourth-order valence-corrected chi connectivity index (χ4v) is 3.97. The van der Waals surface area contributed by atoms with Crippen molar-refractivity contribution < 1.29 is 4.74 Å². The fraction of sp³-hybridized carbons (Fsp3) is 0.368. The van der Waals surface area contributed by atoms with Gasteiger partial charge in [-0.15, -0.1) is 0 Å². The number of fused-ring (bicyclic) bond motifs is 3. The third kappa shape index (κ3) is 2.53. The summed E-state index contributed by atoms with van der Waals surface area (Å²) in [5.41, 5.74) is 4.83. The van der Waals surface area contributed by atoms with Crippen molar-refractivity contribution in [3.63, 3.8) is 0 Å². The van der Waals surface area contributed by atoms with Crippen LogP contribution in [-0.4, -0.2) is 33.8 Å². The highest BCUT2D eigenvalue weighted by molar-refractivity contribution is 5.74. The van der Waals surface area contributed by atoms with Crippen LogP contribution in [0.1, 0.15) is 11.5 Å². The third-order valence-corrected chi connectivity index (χ3v) is 5.02. The van der Waals surface area contributed by atoms with Gasteiger partial charge in [-0.2, -0.15) is 0 Å². The molecular formula is C19H23N3O. The molecule has 120 valence electrons. The van der Waals surface area contributed by atoms with Gasteiger partial charge in [-0.1, -0.05) is 18.2 Å². The second kappa shape index (κ2) is 5.78. The lowest BCUT2D eigenvalue weighted by Gasteiger charge is -2.37. The summed E-state index contributed by atoms with van der Waals surface area (Å²) in [7, 11) is 3.93. The zero-order chi connectivity index (χ0) is 15.8. The number of benzene rings is 2. The molecule has 0 amide bonds. The van der Waals surface area contributed by atoms with Gasteiger partial charge < -0.3 is 20.3 Å². The summed E-state index contributed by atoms with van der Waals surface area (Å²) in [6.45, 7) is 3.25. The molecule has 2 atom stereocenters. The van der Waals surface area contributed by atoms with E-state index in [-0.39, 0.29) is 0 Å². The molecule has 1 saturated heterocycles. The minimum Gasteiger partial charge on any atom is -0.494 e. The van der Waals surface area contributed by atoms with Gasteiger partial charge in [0.15, 0.2) is 0 Å². The number of anilines is 3. The summed E-state index contributed by atoms with van der Waals surface area (Å²) in [4.78, 5) is 2.34. The van der Waals surface area contributed by atoms with Gasteiger partial charge in [-0.05, 0) is 29.7 Å². The third-order valence-electron chi connectivity index (χ3n) is 5.02. The Labute approximate surface area is 137 Å². The lowest BCUT2D eigenvalue weighted by atomic mass is 9.83. The van der Waals surface area contributed by atoms with E-state index < -0.39 is 0 Å². The highest BCUT2D eigenvalue weighted by Crippen LogP contribution is 2.46. The quantitative estimate of drug-likeness (QED) is 0.913. The molecule has 4 nitrogen and oxygen atoms in total. The summed E-state index contributed by atoms with van der Waals surface area (Å²) in [5, 5.41) is 7.05. The molecule has 2 aromatic carbocycles. The highest BCUT2D eigenvalue weighted by Gasteiger charge is 2.37. The molecule has 2 aliphatic heterocycles. The van der Waals surface area contributed by atoms with Gasteiger partial charge in [0.1, 0.15) is 5.75 Å². The van der Waals surface area contributed by atoms with Crippen molar-refractivity contribution in [1.82, 2.24) is 5.32 Å². The summed E-state index contributed by atoms with van der Waals surface area (Å²) < 4.78 is 5.71. The van der Waals surface area contributed by atoms with Crippen molar-refractivity contribution in [3.8, 4) is 5.75 Å². The molecule has 4 heteroatoms. The second-order valence-corrected chi connectivity index (χ2v) is 6.51. The number of hydrogen-bond donors (Lipinski definition) is 2. The summed E-state index contributed by atoms with van der Waals surface area (Å²) in [6.07, 6.45) is 0. The number of methoxy groups -OCH3 is 1. The molecule has 0 aliphatic carbocycles. The van der Waals surface area contributed by atoms with E-state index in [1.165, 1.54) is 11.3 Å². The first kappa shape index (κ1) is 14.4. The van der Waals surface area contributed by atoms with Crippen LogP contribution >= 0.6 is 0 Å². The molecule has 0 aromatic heterocycles. The van der Waals surface area contributed by atoms with E-state index in [2.05, 4.69) is 46.8 Å². The Hall–Kier alpha value is -2.20. The summed E-state index contributed by atoms with van der Waals surface area (Å²) in [6, 6.07) is 14.7. The van der Waals surface area contributed by atoms with Crippen LogP contribution in [0.5, 0.6) is 5.75 Å². The normalized spacial score (nSPS) is 22.4. The van der Waals surface area contributed by atoms with Gasteiger partial charge in [-0.3, -0.25) is 0 Å². The Kier molecular flexibility index (Phi) is 3.62. The molecule has 0 unspecified atom stereocenters. The molecule has 2 N–H and O–H groups in total. The largest absolute Gasteiger partial charge is 0.494 e. The molecule has 2 heterocycles. The lowest BCUT2D eigenvalue weighted by Crippen LogP contribution is -2.35. The minimum atomic E-state index is 0.577. The molecule has 23 heavy (non-hydrogen) atoms. The van der Waals surface area contributed by atoms with Crippen LogP contribution in [0, 0.1) is 5.92 Å². The fourth-order valence-electron chi connectivity index (χ4n) is 3.97. The molecule has 0 bridgehead atoms. The van der Waals surface area contributed by atoms with Gasteiger partial charge in [0, 0.05) is 50.0 Å². The maximum Gasteiger partial charge on any atom is 0.144 e. The first-order valence-electron chi connectivity index (χ1n) is 8.22. The van der Waals surface area contributed by atoms with Crippen molar-refractivity contribution in [2.45, 2.75) is 5.92 Å². The van der Waals surface area contributed by atoms with Gasteiger partial charge in [0.2, 0.25) is 0 Å². The van der Waals surface area contributed by atoms with E-state index >= 15 is 0 Å². The van der Waals surface area contributed by atoms with Gasteiger partial charge >= 0.3 is 0 Å². The maximum atomic E-state index is 5.71. The van der Waals surface area contributed by atoms with E-state index in [4.69, 9.17) is 4.74 Å². The van der Waals surface area contributed by atoms with Crippen LogP contribution in [-0.2, 0) is 0 Å². The van der Waals surface area contributed by atoms with Gasteiger partial charge in [0.25, 0.3) is 0 Å². The number of rotatable bonds is 3. The van der Waals surface area contributed by atoms with Crippen molar-refractivity contribution >= 4 is 17.1 Å². The topological polar surface area (TPSA) is 36.5 Å². The Morgan fingerprint density at radius 2 is 1.96 bits per heavy atom. The smallest absolute Gasteiger partial charge is 0.144 e. The SMILES string of the molecule is COc1cc(Nc2ccccc2)cc2c1N(C)C[C@@H]1CNC[C@H]21. The molecule has 4 rings (SSSR count). The average Bonchev–Trinajstić information content (AvgIpc) is 3.03. The summed E-state index contributed by atoms with van der Waals surface area (Å²) >= 11 is 0. The number of para-hydroxylation sites is 1. The molecule has 2 aliphatic rings. The Morgan fingerprint density at radius 3 is 2.74 bits per heavy atom. The van der Waals surface area contributed by atoms with E-state index in [0.29, 0.717) is 11.8 Å². The van der Waals surface area contributed by atoms with Gasteiger partial charge in [-0.25, -0.2) is 0 Å². The van der Waals surface area contributed by atoms with Gasteiger partial charge in [0.05, 0.1) is 12.8 Å². The standard InChI is InChI=1S/C19H23N3O/c1-22-12-13-10-20-11-17(13)16-8-15(9-18(23-2)19(16)22)21-14-6-4-3-5-7-14/h3-9,13,17,20-21H,10-12H2,1-2H3/t13-,17-/m0/s1. The van der Waals surface area contributed by atoms with E-state index in [9.17, 15) is 0 Å². The van der Waals surface area contributed by atoms with E-state index in [1.807, 2.05) is 18.2 Å². The molecule has 2 aromatic rings. The molecule has 0 radical (unpaired) electrons. The summed E-state index contributed by atoms with van der Waals surface area (Å²) in [5.74, 6) is 2.21. The maximum absolute atomic E-state index is 5.71. The molecule has 0 saturated carbocycles. The van der Waals surface area contributed by atoms with Crippen LogP contribution in [0.25, 0.3) is 0 Å². The number of ether oxygens (including phenoxy) is 1. The Balaban J connectivity index is 1.77. The monoisotopic (exact) mass is 309 g/mol. The average molecular weight is 309 g/mol. The van der Waals surface area contributed by atoms with Crippen LogP contribution in [0.2, 0.25) is 0 Å². The highest BCUT2D eigenvalue weighted by atomic mass is 16.5. The Morgan fingerprint density at radius 1 is 1.13 bits per heavy atom. The number of nitrogens with one attached hydrogen (secondary N) is 2. The van der Waals surface area contributed by atoms with Crippen LogP contribution in [0.3, 0.4) is 0 Å². The van der Waals surface area contributed by atoms with Crippen LogP contribution in [0.15, 0.2) is 42.5 Å². The van der Waals surface area contributed by atoms with Crippen LogP contribution < -0.4 is 20.3 Å². The van der Waals surface area contributed by atoms with Crippen molar-refractivity contribution in [1.29, 1.82) is 0 Å². The van der Waals surface area contributed by atoms with E-state index in [0.717, 1.165) is 36.8 Å². The van der Waals surface area contributed by atoms with Crippen molar-refractivity contribution in [2.24, 2.45) is 5.92 Å². The molecule has 1 fully saturated rings. The van der Waals surface area contributed by atoms with E-state index in [1.54, 1.807) is 7.11 Å². The predicted octanol–water partition coefficient (Wildman–Crippen LogP) is 3.19. The van der Waals surface area contributed by atoms with Crippen molar-refractivity contribution in [3.05, 3.63) is 48.0 Å². The Bertz CT molecular complexity index is 701.